The molecule has 6 nitrogen and oxygen atoms in total. The van der Waals surface area contributed by atoms with Gasteiger partial charge in [-0.2, -0.15) is 5.10 Å². The molecule has 2 aromatic heterocycles. The van der Waals surface area contributed by atoms with Gasteiger partial charge in [-0.25, -0.2) is 4.68 Å². The first kappa shape index (κ1) is 22.6. The van der Waals surface area contributed by atoms with E-state index in [1.54, 1.807) is 6.20 Å². The van der Waals surface area contributed by atoms with Crippen molar-refractivity contribution in [3.8, 4) is 0 Å². The molecule has 0 radical (unpaired) electrons. The van der Waals surface area contributed by atoms with E-state index < -0.39 is 0 Å². The number of nitrogens with zero attached hydrogens (tertiary/aromatic N) is 3. The highest BCUT2D eigenvalue weighted by Crippen LogP contribution is 2.27. The molecule has 176 valence electrons. The number of hydrogen-bond donors (Lipinski definition) is 1. The Morgan fingerprint density at radius 3 is 2.29 bits per heavy atom. The summed E-state index contributed by atoms with van der Waals surface area (Å²) in [5.41, 5.74) is 3.62. The molecule has 0 unspecified atom stereocenters. The van der Waals surface area contributed by atoms with E-state index in [0.29, 0.717) is 12.1 Å². The molecule has 0 fully saturated rings. The maximum atomic E-state index is 13.5. The van der Waals surface area contributed by atoms with Crippen molar-refractivity contribution in [3.05, 3.63) is 113 Å². The minimum Gasteiger partial charge on any atom is -0.352 e. The molecule has 6 heteroatoms. The molecule has 2 heterocycles. The SMILES string of the molecule is C[C@H](CCc1ccccc1)NC(=O)Cn1ncc2c3ccccc3n(Cc3ccccc3)c2c1=O. The van der Waals surface area contributed by atoms with Crippen LogP contribution in [0.15, 0.2) is 95.9 Å². The number of aromatic nitrogens is 3. The average molecular weight is 465 g/mol. The Hall–Kier alpha value is -4.19. The van der Waals surface area contributed by atoms with Gasteiger partial charge in [0.15, 0.2) is 0 Å². The third-order valence-corrected chi connectivity index (χ3v) is 6.37. The second-order valence-electron chi connectivity index (χ2n) is 8.95. The van der Waals surface area contributed by atoms with E-state index in [0.717, 1.165) is 34.7 Å². The molecule has 0 saturated heterocycles. The van der Waals surface area contributed by atoms with Gasteiger partial charge in [0.05, 0.1) is 6.20 Å². The minimum atomic E-state index is -0.262. The van der Waals surface area contributed by atoms with Crippen molar-refractivity contribution in [1.29, 1.82) is 0 Å². The van der Waals surface area contributed by atoms with E-state index >= 15 is 0 Å². The topological polar surface area (TPSA) is 68.9 Å². The quantitative estimate of drug-likeness (QED) is 0.367. The average Bonchev–Trinajstić information content (AvgIpc) is 3.20. The Morgan fingerprint density at radius 2 is 1.54 bits per heavy atom. The smallest absolute Gasteiger partial charge is 0.291 e. The highest BCUT2D eigenvalue weighted by Gasteiger charge is 2.18. The number of aryl methyl sites for hydroxylation is 1. The summed E-state index contributed by atoms with van der Waals surface area (Å²) in [5.74, 6) is -0.217. The van der Waals surface area contributed by atoms with Gasteiger partial charge in [0.1, 0.15) is 12.1 Å². The summed E-state index contributed by atoms with van der Waals surface area (Å²) in [6.07, 6.45) is 3.40. The summed E-state index contributed by atoms with van der Waals surface area (Å²) in [6.45, 7) is 2.43. The lowest BCUT2D eigenvalue weighted by Crippen LogP contribution is -2.38. The maximum absolute atomic E-state index is 13.5. The molecule has 35 heavy (non-hydrogen) atoms. The first-order chi connectivity index (χ1) is 17.1. The molecule has 1 N–H and O–H groups in total. The van der Waals surface area contributed by atoms with Crippen LogP contribution in [0.5, 0.6) is 0 Å². The minimum absolute atomic E-state index is 0.00771. The predicted octanol–water partition coefficient (Wildman–Crippen LogP) is 4.54. The fraction of sp³-hybridized carbons (Fsp3) is 0.207. The zero-order chi connectivity index (χ0) is 24.2. The Labute approximate surface area is 203 Å². The predicted molar refractivity (Wildman–Crippen MR) is 139 cm³/mol. The van der Waals surface area contributed by atoms with Gasteiger partial charge < -0.3 is 9.88 Å². The summed E-state index contributed by atoms with van der Waals surface area (Å²) in [4.78, 5) is 26.3. The molecule has 0 aliphatic rings. The lowest BCUT2D eigenvalue weighted by molar-refractivity contribution is -0.122. The molecule has 3 aromatic carbocycles. The van der Waals surface area contributed by atoms with Crippen LogP contribution in [0.3, 0.4) is 0 Å². The van der Waals surface area contributed by atoms with E-state index in [4.69, 9.17) is 0 Å². The Bertz CT molecular complexity index is 1520. The first-order valence-corrected chi connectivity index (χ1v) is 11.9. The number of nitrogens with one attached hydrogen (secondary N) is 1. The number of hydrogen-bond acceptors (Lipinski definition) is 3. The van der Waals surface area contributed by atoms with Crippen LogP contribution >= 0.6 is 0 Å². The van der Waals surface area contributed by atoms with E-state index in [1.165, 1.54) is 10.2 Å². The third-order valence-electron chi connectivity index (χ3n) is 6.37. The number of rotatable bonds is 8. The molecule has 0 aliphatic heterocycles. The van der Waals surface area contributed by atoms with Gasteiger partial charge in [-0.1, -0.05) is 78.9 Å². The van der Waals surface area contributed by atoms with E-state index in [9.17, 15) is 9.59 Å². The number of para-hydroxylation sites is 1. The Balaban J connectivity index is 1.39. The molecular formula is C29H28N4O2. The van der Waals surface area contributed by atoms with Gasteiger partial charge in [0, 0.05) is 28.9 Å². The normalized spacial score (nSPS) is 12.1. The van der Waals surface area contributed by atoms with Crippen LogP contribution in [-0.4, -0.2) is 26.3 Å². The van der Waals surface area contributed by atoms with Crippen molar-refractivity contribution >= 4 is 27.7 Å². The third kappa shape index (κ3) is 4.87. The van der Waals surface area contributed by atoms with Crippen LogP contribution in [0.4, 0.5) is 0 Å². The Morgan fingerprint density at radius 1 is 0.886 bits per heavy atom. The molecule has 0 spiro atoms. The second-order valence-corrected chi connectivity index (χ2v) is 8.95. The number of benzene rings is 3. The monoisotopic (exact) mass is 464 g/mol. The van der Waals surface area contributed by atoms with Gasteiger partial charge in [-0.3, -0.25) is 9.59 Å². The van der Waals surface area contributed by atoms with Gasteiger partial charge >= 0.3 is 0 Å². The molecule has 1 amide bonds. The fourth-order valence-corrected chi connectivity index (χ4v) is 4.59. The van der Waals surface area contributed by atoms with Crippen LogP contribution in [0.1, 0.15) is 24.5 Å². The molecule has 0 aliphatic carbocycles. The van der Waals surface area contributed by atoms with Crippen LogP contribution in [0.2, 0.25) is 0 Å². The summed E-state index contributed by atoms with van der Waals surface area (Å²) < 4.78 is 3.29. The zero-order valence-corrected chi connectivity index (χ0v) is 19.7. The molecule has 5 rings (SSSR count). The number of fused-ring (bicyclic) bond motifs is 3. The molecule has 0 bridgehead atoms. The molecule has 1 atom stereocenters. The van der Waals surface area contributed by atoms with Crippen molar-refractivity contribution in [2.45, 2.75) is 38.9 Å². The van der Waals surface area contributed by atoms with Gasteiger partial charge in [0.25, 0.3) is 5.56 Å². The van der Waals surface area contributed by atoms with Crippen molar-refractivity contribution in [1.82, 2.24) is 19.7 Å². The lowest BCUT2D eigenvalue weighted by atomic mass is 10.1. The van der Waals surface area contributed by atoms with Crippen LogP contribution < -0.4 is 10.9 Å². The van der Waals surface area contributed by atoms with Gasteiger partial charge in [0.2, 0.25) is 5.91 Å². The highest BCUT2D eigenvalue weighted by atomic mass is 16.2. The summed E-state index contributed by atoms with van der Waals surface area (Å²) in [5, 5.41) is 9.14. The fourth-order valence-electron chi connectivity index (χ4n) is 4.59. The summed E-state index contributed by atoms with van der Waals surface area (Å²) in [6, 6.07) is 28.2. The maximum Gasteiger partial charge on any atom is 0.291 e. The van der Waals surface area contributed by atoms with Crippen molar-refractivity contribution in [3.63, 3.8) is 0 Å². The zero-order valence-electron chi connectivity index (χ0n) is 19.7. The standard InChI is InChI=1S/C29H28N4O2/c1-21(16-17-22-10-4-2-5-11-22)31-27(34)20-33-29(35)28-25(18-30-33)24-14-8-9-15-26(24)32(28)19-23-12-6-3-7-13-23/h2-15,18,21H,16-17,19-20H2,1H3,(H,31,34)/t21-/m1/s1. The van der Waals surface area contributed by atoms with E-state index in [1.807, 2.05) is 84.3 Å². The lowest BCUT2D eigenvalue weighted by Gasteiger charge is -2.14. The van der Waals surface area contributed by atoms with Crippen LogP contribution in [-0.2, 0) is 24.3 Å². The Kier molecular flexibility index (Phi) is 6.44. The largest absolute Gasteiger partial charge is 0.352 e. The summed E-state index contributed by atoms with van der Waals surface area (Å²) in [7, 11) is 0. The van der Waals surface area contributed by atoms with Crippen molar-refractivity contribution in [2.75, 3.05) is 0 Å². The molecule has 5 aromatic rings. The van der Waals surface area contributed by atoms with Crippen LogP contribution in [0.25, 0.3) is 21.8 Å². The number of carbonyl (C=O) groups excluding carboxylic acids is 1. The van der Waals surface area contributed by atoms with Gasteiger partial charge in [-0.05, 0) is 37.0 Å². The summed E-state index contributed by atoms with van der Waals surface area (Å²) >= 11 is 0. The van der Waals surface area contributed by atoms with Crippen molar-refractivity contribution < 1.29 is 4.79 Å². The number of carbonyl (C=O) groups is 1. The highest BCUT2D eigenvalue weighted by molar-refractivity contribution is 6.07. The first-order valence-electron chi connectivity index (χ1n) is 11.9. The van der Waals surface area contributed by atoms with E-state index in [-0.39, 0.29) is 24.1 Å². The van der Waals surface area contributed by atoms with Crippen molar-refractivity contribution in [2.24, 2.45) is 0 Å². The van der Waals surface area contributed by atoms with Crippen LogP contribution in [0, 0.1) is 0 Å². The van der Waals surface area contributed by atoms with E-state index in [2.05, 4.69) is 22.5 Å². The number of amides is 1. The molecule has 0 saturated carbocycles. The second kappa shape index (κ2) is 9.97. The molecular weight excluding hydrogens is 436 g/mol. The van der Waals surface area contributed by atoms with Gasteiger partial charge in [-0.15, -0.1) is 0 Å².